The minimum Gasteiger partial charge on any atom is -0.365 e. The molecule has 0 bridgehead atoms. The maximum Gasteiger partial charge on any atom is 0.0675 e. The standard InChI is InChI=1S/C16H22N2/c1-11-6-12(2)15(13(3)7-11)18-10-14(9-17)8-16(18,4)5/h6-7,14H,8,10H2,1-5H3. The van der Waals surface area contributed by atoms with Crippen LogP contribution in [0.2, 0.25) is 0 Å². The SMILES string of the molecule is Cc1cc(C)c(N2CC(C#N)CC2(C)C)c(C)c1. The highest BCUT2D eigenvalue weighted by Crippen LogP contribution is 2.39. The number of benzene rings is 1. The number of aryl methyl sites for hydroxylation is 3. The van der Waals surface area contributed by atoms with Crippen molar-refractivity contribution in [2.45, 2.75) is 46.6 Å². The van der Waals surface area contributed by atoms with Crippen molar-refractivity contribution in [3.63, 3.8) is 0 Å². The van der Waals surface area contributed by atoms with E-state index in [2.05, 4.69) is 57.7 Å². The van der Waals surface area contributed by atoms with Gasteiger partial charge in [-0.1, -0.05) is 17.7 Å². The molecular weight excluding hydrogens is 220 g/mol. The van der Waals surface area contributed by atoms with Gasteiger partial charge in [-0.3, -0.25) is 0 Å². The Morgan fingerprint density at radius 2 is 1.78 bits per heavy atom. The molecule has 0 amide bonds. The highest BCUT2D eigenvalue weighted by Gasteiger charge is 2.39. The smallest absolute Gasteiger partial charge is 0.0675 e. The zero-order valence-corrected chi connectivity index (χ0v) is 12.0. The lowest BCUT2D eigenvalue weighted by atomic mass is 9.95. The van der Waals surface area contributed by atoms with E-state index in [1.165, 1.54) is 22.4 Å². The fourth-order valence-corrected chi connectivity index (χ4v) is 3.32. The molecule has 0 spiro atoms. The van der Waals surface area contributed by atoms with Gasteiger partial charge < -0.3 is 4.90 Å². The molecule has 0 aliphatic carbocycles. The average Bonchev–Trinajstić information content (AvgIpc) is 2.53. The Labute approximate surface area is 110 Å². The molecule has 1 saturated heterocycles. The second-order valence-corrected chi connectivity index (χ2v) is 6.20. The maximum absolute atomic E-state index is 9.17. The molecular formula is C16H22N2. The maximum atomic E-state index is 9.17. The first-order valence-electron chi connectivity index (χ1n) is 6.60. The van der Waals surface area contributed by atoms with Gasteiger partial charge in [-0.25, -0.2) is 0 Å². The van der Waals surface area contributed by atoms with Crippen LogP contribution in [-0.2, 0) is 0 Å². The summed E-state index contributed by atoms with van der Waals surface area (Å²) in [5, 5.41) is 9.17. The van der Waals surface area contributed by atoms with Gasteiger partial charge in [-0.15, -0.1) is 0 Å². The van der Waals surface area contributed by atoms with Gasteiger partial charge in [0, 0.05) is 17.8 Å². The number of rotatable bonds is 1. The molecule has 1 aliphatic heterocycles. The molecule has 0 saturated carbocycles. The van der Waals surface area contributed by atoms with E-state index in [1.54, 1.807) is 0 Å². The Morgan fingerprint density at radius 1 is 1.22 bits per heavy atom. The summed E-state index contributed by atoms with van der Waals surface area (Å²) in [6.07, 6.45) is 0.955. The van der Waals surface area contributed by atoms with E-state index < -0.39 is 0 Å². The molecule has 2 nitrogen and oxygen atoms in total. The monoisotopic (exact) mass is 242 g/mol. The van der Waals surface area contributed by atoms with Crippen molar-refractivity contribution in [2.75, 3.05) is 11.4 Å². The lowest BCUT2D eigenvalue weighted by Crippen LogP contribution is -2.39. The number of anilines is 1. The van der Waals surface area contributed by atoms with Gasteiger partial charge in [0.15, 0.2) is 0 Å². The van der Waals surface area contributed by atoms with Gasteiger partial charge in [0.05, 0.1) is 12.0 Å². The summed E-state index contributed by atoms with van der Waals surface area (Å²) in [5.41, 5.74) is 5.34. The number of nitriles is 1. The molecule has 96 valence electrons. The van der Waals surface area contributed by atoms with Crippen molar-refractivity contribution in [3.8, 4) is 6.07 Å². The van der Waals surface area contributed by atoms with Crippen molar-refractivity contribution >= 4 is 5.69 Å². The second kappa shape index (κ2) is 4.31. The fraction of sp³-hybridized carbons (Fsp3) is 0.562. The van der Waals surface area contributed by atoms with E-state index in [1.807, 2.05) is 0 Å². The molecule has 0 radical (unpaired) electrons. The average molecular weight is 242 g/mol. The summed E-state index contributed by atoms with van der Waals surface area (Å²) >= 11 is 0. The van der Waals surface area contributed by atoms with Crippen LogP contribution < -0.4 is 4.90 Å². The molecule has 1 unspecified atom stereocenters. The lowest BCUT2D eigenvalue weighted by Gasteiger charge is -2.36. The van der Waals surface area contributed by atoms with Gasteiger partial charge in [0.1, 0.15) is 0 Å². The molecule has 1 aromatic carbocycles. The predicted octanol–water partition coefficient (Wildman–Crippen LogP) is 3.74. The van der Waals surface area contributed by atoms with E-state index in [9.17, 15) is 0 Å². The molecule has 0 N–H and O–H groups in total. The zero-order chi connectivity index (χ0) is 13.5. The highest BCUT2D eigenvalue weighted by molar-refractivity contribution is 5.62. The minimum atomic E-state index is 0.0746. The highest BCUT2D eigenvalue weighted by atomic mass is 15.2. The van der Waals surface area contributed by atoms with Crippen molar-refractivity contribution in [1.29, 1.82) is 5.26 Å². The van der Waals surface area contributed by atoms with Crippen molar-refractivity contribution in [1.82, 2.24) is 0 Å². The molecule has 1 atom stereocenters. The van der Waals surface area contributed by atoms with Crippen molar-refractivity contribution < 1.29 is 0 Å². The molecule has 2 rings (SSSR count). The Morgan fingerprint density at radius 3 is 2.22 bits per heavy atom. The Hall–Kier alpha value is -1.49. The molecule has 0 aromatic heterocycles. The molecule has 2 heteroatoms. The van der Waals surface area contributed by atoms with Crippen LogP contribution in [0.25, 0.3) is 0 Å². The van der Waals surface area contributed by atoms with Gasteiger partial charge >= 0.3 is 0 Å². The predicted molar refractivity (Wildman–Crippen MR) is 75.8 cm³/mol. The van der Waals surface area contributed by atoms with Crippen LogP contribution in [0.5, 0.6) is 0 Å². The van der Waals surface area contributed by atoms with Gasteiger partial charge in [0.2, 0.25) is 0 Å². The Kier molecular flexibility index (Phi) is 3.11. The van der Waals surface area contributed by atoms with Crippen molar-refractivity contribution in [3.05, 3.63) is 28.8 Å². The third kappa shape index (κ3) is 2.10. The van der Waals surface area contributed by atoms with Crippen LogP contribution >= 0.6 is 0 Å². The Balaban J connectivity index is 2.47. The molecule has 1 heterocycles. The summed E-state index contributed by atoms with van der Waals surface area (Å²) in [6, 6.07) is 6.90. The molecule has 1 fully saturated rings. The largest absolute Gasteiger partial charge is 0.365 e. The van der Waals surface area contributed by atoms with E-state index >= 15 is 0 Å². The van der Waals surface area contributed by atoms with Crippen LogP contribution in [0.15, 0.2) is 12.1 Å². The third-order valence-electron chi connectivity index (χ3n) is 3.97. The lowest BCUT2D eigenvalue weighted by molar-refractivity contribution is 0.502. The molecule has 1 aromatic rings. The van der Waals surface area contributed by atoms with E-state index in [4.69, 9.17) is 5.26 Å². The zero-order valence-electron chi connectivity index (χ0n) is 12.0. The first kappa shape index (κ1) is 13.0. The number of hydrogen-bond donors (Lipinski definition) is 0. The van der Waals surface area contributed by atoms with Crippen LogP contribution in [0.4, 0.5) is 5.69 Å². The van der Waals surface area contributed by atoms with E-state index in [0.29, 0.717) is 0 Å². The van der Waals surface area contributed by atoms with Crippen LogP contribution in [0, 0.1) is 38.0 Å². The quantitative estimate of drug-likeness (QED) is 0.750. The fourth-order valence-electron chi connectivity index (χ4n) is 3.32. The van der Waals surface area contributed by atoms with Gasteiger partial charge in [-0.05, 0) is 52.2 Å². The third-order valence-corrected chi connectivity index (χ3v) is 3.97. The summed E-state index contributed by atoms with van der Waals surface area (Å²) < 4.78 is 0. The first-order chi connectivity index (χ1) is 8.35. The Bertz CT molecular complexity index is 485. The summed E-state index contributed by atoms with van der Waals surface area (Å²) in [4.78, 5) is 2.42. The normalized spacial score (nSPS) is 22.0. The van der Waals surface area contributed by atoms with Gasteiger partial charge in [-0.2, -0.15) is 5.26 Å². The van der Waals surface area contributed by atoms with E-state index in [0.717, 1.165) is 13.0 Å². The molecule has 1 aliphatic rings. The summed E-state index contributed by atoms with van der Waals surface area (Å²) in [6.45, 7) is 11.8. The van der Waals surface area contributed by atoms with Crippen molar-refractivity contribution in [2.24, 2.45) is 5.92 Å². The summed E-state index contributed by atoms with van der Waals surface area (Å²) in [5.74, 6) is 0.153. The molecule has 18 heavy (non-hydrogen) atoms. The second-order valence-electron chi connectivity index (χ2n) is 6.20. The van der Waals surface area contributed by atoms with Gasteiger partial charge in [0.25, 0.3) is 0 Å². The summed E-state index contributed by atoms with van der Waals surface area (Å²) in [7, 11) is 0. The van der Waals surface area contributed by atoms with E-state index in [-0.39, 0.29) is 11.5 Å². The minimum absolute atomic E-state index is 0.0746. The van der Waals surface area contributed by atoms with Crippen LogP contribution in [0.1, 0.15) is 37.0 Å². The topological polar surface area (TPSA) is 27.0 Å². The first-order valence-corrected chi connectivity index (χ1v) is 6.60. The van der Waals surface area contributed by atoms with Crippen LogP contribution in [0.3, 0.4) is 0 Å². The number of hydrogen-bond acceptors (Lipinski definition) is 2. The number of nitrogens with zero attached hydrogens (tertiary/aromatic N) is 2. The van der Waals surface area contributed by atoms with Crippen LogP contribution in [-0.4, -0.2) is 12.1 Å².